The first kappa shape index (κ1) is 14.0. The Kier molecular flexibility index (Phi) is 3.61. The number of rotatable bonds is 4. The lowest BCUT2D eigenvalue weighted by atomic mass is 10.2. The highest BCUT2D eigenvalue weighted by Gasteiger charge is 2.23. The largest absolute Gasteiger partial charge is 0.461 e. The van der Waals surface area contributed by atoms with Crippen LogP contribution < -0.4 is 0 Å². The lowest BCUT2D eigenvalue weighted by Crippen LogP contribution is -1.98. The molecular weight excluding hydrogens is 328 g/mol. The van der Waals surface area contributed by atoms with Gasteiger partial charge in [-0.1, -0.05) is 6.07 Å². The van der Waals surface area contributed by atoms with Gasteiger partial charge in [0.25, 0.3) is 0 Å². The molecule has 0 bridgehead atoms. The molecule has 4 rings (SSSR count). The SMILES string of the molecule is O=C(c1ccco1)c1sc(-c2cccnc2)nc1-c1cccs1. The van der Waals surface area contributed by atoms with Crippen molar-refractivity contribution in [3.8, 4) is 21.1 Å². The van der Waals surface area contributed by atoms with Gasteiger partial charge in [0, 0.05) is 18.0 Å². The Bertz CT molecular complexity index is 927. The van der Waals surface area contributed by atoms with Crippen LogP contribution in [0.15, 0.2) is 64.9 Å². The Morgan fingerprint density at radius 2 is 2.09 bits per heavy atom. The molecule has 0 saturated carbocycles. The fourth-order valence-electron chi connectivity index (χ4n) is 2.19. The lowest BCUT2D eigenvalue weighted by Gasteiger charge is -1.96. The van der Waals surface area contributed by atoms with Crippen molar-refractivity contribution in [2.45, 2.75) is 0 Å². The van der Waals surface area contributed by atoms with E-state index in [4.69, 9.17) is 4.42 Å². The molecule has 0 spiro atoms. The minimum atomic E-state index is -0.147. The zero-order valence-corrected chi connectivity index (χ0v) is 13.4. The minimum absolute atomic E-state index is 0.147. The molecule has 0 saturated heterocycles. The number of hydrogen-bond acceptors (Lipinski definition) is 6. The van der Waals surface area contributed by atoms with E-state index in [1.807, 2.05) is 29.6 Å². The van der Waals surface area contributed by atoms with Crippen LogP contribution >= 0.6 is 22.7 Å². The zero-order chi connectivity index (χ0) is 15.6. The summed E-state index contributed by atoms with van der Waals surface area (Å²) < 4.78 is 5.26. The number of thiophene rings is 1. The fourth-order valence-corrected chi connectivity index (χ4v) is 3.99. The summed E-state index contributed by atoms with van der Waals surface area (Å²) >= 11 is 2.92. The molecule has 0 aliphatic heterocycles. The number of thiazole rings is 1. The smallest absolute Gasteiger partial charge is 0.240 e. The van der Waals surface area contributed by atoms with Crippen LogP contribution in [0.25, 0.3) is 21.1 Å². The Morgan fingerprint density at radius 3 is 2.78 bits per heavy atom. The monoisotopic (exact) mass is 338 g/mol. The second-order valence-electron chi connectivity index (χ2n) is 4.72. The highest BCUT2D eigenvalue weighted by atomic mass is 32.1. The third-order valence-corrected chi connectivity index (χ3v) is 5.22. The van der Waals surface area contributed by atoms with Gasteiger partial charge in [-0.15, -0.1) is 22.7 Å². The fraction of sp³-hybridized carbons (Fsp3) is 0. The quantitative estimate of drug-likeness (QED) is 0.504. The molecule has 0 aromatic carbocycles. The summed E-state index contributed by atoms with van der Waals surface area (Å²) in [6.45, 7) is 0. The third-order valence-electron chi connectivity index (χ3n) is 3.24. The van der Waals surface area contributed by atoms with Crippen molar-refractivity contribution in [1.29, 1.82) is 0 Å². The topological polar surface area (TPSA) is 56.0 Å². The van der Waals surface area contributed by atoms with Crippen LogP contribution in [-0.4, -0.2) is 15.8 Å². The van der Waals surface area contributed by atoms with Crippen molar-refractivity contribution < 1.29 is 9.21 Å². The second-order valence-corrected chi connectivity index (χ2v) is 6.67. The van der Waals surface area contributed by atoms with Crippen LogP contribution in [0.4, 0.5) is 0 Å². The van der Waals surface area contributed by atoms with Crippen molar-refractivity contribution in [2.24, 2.45) is 0 Å². The van der Waals surface area contributed by atoms with Gasteiger partial charge >= 0.3 is 0 Å². The van der Waals surface area contributed by atoms with E-state index in [9.17, 15) is 4.79 Å². The van der Waals surface area contributed by atoms with E-state index in [0.717, 1.165) is 15.4 Å². The molecule has 0 atom stereocenters. The van der Waals surface area contributed by atoms with Gasteiger partial charge in [0.1, 0.15) is 15.6 Å². The maximum atomic E-state index is 12.7. The van der Waals surface area contributed by atoms with Crippen LogP contribution in [-0.2, 0) is 0 Å². The summed E-state index contributed by atoms with van der Waals surface area (Å²) in [5, 5.41) is 2.75. The Morgan fingerprint density at radius 1 is 1.13 bits per heavy atom. The number of furan rings is 1. The van der Waals surface area contributed by atoms with E-state index in [0.29, 0.717) is 16.3 Å². The van der Waals surface area contributed by atoms with Crippen LogP contribution in [0.3, 0.4) is 0 Å². The molecule has 0 amide bonds. The Hall–Kier alpha value is -2.57. The number of carbonyl (C=O) groups is 1. The van der Waals surface area contributed by atoms with Crippen molar-refractivity contribution in [2.75, 3.05) is 0 Å². The summed E-state index contributed by atoms with van der Waals surface area (Å²) in [4.78, 5) is 23.1. The van der Waals surface area contributed by atoms with Gasteiger partial charge in [-0.2, -0.15) is 0 Å². The van der Waals surface area contributed by atoms with Gasteiger partial charge in [-0.25, -0.2) is 4.98 Å². The van der Waals surface area contributed by atoms with Crippen molar-refractivity contribution in [3.63, 3.8) is 0 Å². The molecule has 112 valence electrons. The molecular formula is C17H10N2O2S2. The highest BCUT2D eigenvalue weighted by molar-refractivity contribution is 7.18. The molecule has 0 radical (unpaired) electrons. The van der Waals surface area contributed by atoms with Crippen molar-refractivity contribution in [3.05, 3.63) is 71.1 Å². The van der Waals surface area contributed by atoms with Crippen LogP contribution in [0.1, 0.15) is 15.4 Å². The average molecular weight is 338 g/mol. The first-order valence-electron chi connectivity index (χ1n) is 6.86. The average Bonchev–Trinajstić information content (AvgIpc) is 3.35. The Balaban J connectivity index is 1.87. The molecule has 0 N–H and O–H groups in total. The van der Waals surface area contributed by atoms with Gasteiger partial charge in [0.2, 0.25) is 5.78 Å². The number of pyridine rings is 1. The van der Waals surface area contributed by atoms with Gasteiger partial charge in [0.05, 0.1) is 11.1 Å². The van der Waals surface area contributed by atoms with E-state index in [2.05, 4.69) is 9.97 Å². The van der Waals surface area contributed by atoms with Crippen LogP contribution in [0, 0.1) is 0 Å². The molecule has 4 aromatic rings. The Labute approximate surface area is 140 Å². The molecule has 0 unspecified atom stereocenters. The molecule has 23 heavy (non-hydrogen) atoms. The minimum Gasteiger partial charge on any atom is -0.461 e. The standard InChI is InChI=1S/C17H10N2O2S2/c20-15(12-5-2-8-21-12)16-14(13-6-3-9-22-13)19-17(23-16)11-4-1-7-18-10-11/h1-10H. The summed E-state index contributed by atoms with van der Waals surface area (Å²) in [7, 11) is 0. The van der Waals surface area contributed by atoms with E-state index in [1.165, 1.54) is 17.6 Å². The predicted molar refractivity (Wildman–Crippen MR) is 90.8 cm³/mol. The number of nitrogens with zero attached hydrogens (tertiary/aromatic N) is 2. The molecule has 4 heterocycles. The maximum Gasteiger partial charge on any atom is 0.240 e. The molecule has 4 aromatic heterocycles. The van der Waals surface area contributed by atoms with Gasteiger partial charge in [0.15, 0.2) is 5.76 Å². The highest BCUT2D eigenvalue weighted by Crippen LogP contribution is 2.36. The number of carbonyl (C=O) groups excluding carboxylic acids is 1. The molecule has 6 heteroatoms. The summed E-state index contributed by atoms with van der Waals surface area (Å²) in [5.41, 5.74) is 1.60. The van der Waals surface area contributed by atoms with E-state index in [1.54, 1.807) is 35.9 Å². The first-order chi connectivity index (χ1) is 11.3. The maximum absolute atomic E-state index is 12.7. The number of aromatic nitrogens is 2. The normalized spacial score (nSPS) is 10.8. The third kappa shape index (κ3) is 2.62. The van der Waals surface area contributed by atoms with E-state index in [-0.39, 0.29) is 5.78 Å². The van der Waals surface area contributed by atoms with Gasteiger partial charge < -0.3 is 4.42 Å². The number of ketones is 1. The van der Waals surface area contributed by atoms with E-state index < -0.39 is 0 Å². The lowest BCUT2D eigenvalue weighted by molar-refractivity contribution is 0.101. The molecule has 4 nitrogen and oxygen atoms in total. The molecule has 0 aliphatic carbocycles. The molecule has 0 aliphatic rings. The number of hydrogen-bond donors (Lipinski definition) is 0. The summed E-state index contributed by atoms with van der Waals surface area (Å²) in [6.07, 6.45) is 4.96. The second kappa shape index (κ2) is 5.91. The first-order valence-corrected chi connectivity index (χ1v) is 8.56. The summed E-state index contributed by atoms with van der Waals surface area (Å²) in [5.74, 6) is 0.176. The van der Waals surface area contributed by atoms with Crippen LogP contribution in [0.2, 0.25) is 0 Å². The van der Waals surface area contributed by atoms with Crippen molar-refractivity contribution in [1.82, 2.24) is 9.97 Å². The van der Waals surface area contributed by atoms with Gasteiger partial charge in [-0.3, -0.25) is 9.78 Å². The van der Waals surface area contributed by atoms with Gasteiger partial charge in [-0.05, 0) is 35.7 Å². The summed E-state index contributed by atoms with van der Waals surface area (Å²) in [6, 6.07) is 11.1. The van der Waals surface area contributed by atoms with Crippen molar-refractivity contribution >= 4 is 28.5 Å². The molecule has 0 fully saturated rings. The van der Waals surface area contributed by atoms with Crippen LogP contribution in [0.5, 0.6) is 0 Å². The zero-order valence-electron chi connectivity index (χ0n) is 11.8. The predicted octanol–water partition coefficient (Wildman–Crippen LogP) is 4.76. The van der Waals surface area contributed by atoms with E-state index >= 15 is 0 Å².